The Morgan fingerprint density at radius 1 is 0.600 bits per heavy atom. The molecule has 2 nitrogen and oxygen atoms in total. The van der Waals surface area contributed by atoms with Crippen molar-refractivity contribution in [3.63, 3.8) is 0 Å². The maximum absolute atomic E-state index is 11.9. The molecule has 0 amide bonds. The molecule has 6 aromatic carbocycles. The Hall–Kier alpha value is -4.79. The van der Waals surface area contributed by atoms with Crippen molar-refractivity contribution in [3.05, 3.63) is 167 Å². The SMILES string of the molecule is Oc1cc2c(c3c1c1ccccc1n3-c1ccccc1)-c1ccc(Cl)cc1C2(c1ccccc1)c1ccccc1. The van der Waals surface area contributed by atoms with E-state index in [1.165, 1.54) is 0 Å². The number of halogens is 1. The zero-order valence-corrected chi connectivity index (χ0v) is 22.3. The highest BCUT2D eigenvalue weighted by molar-refractivity contribution is 6.31. The second-order valence-electron chi connectivity index (χ2n) is 10.4. The number of rotatable bonds is 3. The maximum atomic E-state index is 11.9. The summed E-state index contributed by atoms with van der Waals surface area (Å²) in [5.41, 5.74) is 9.10. The number of phenolic OH excluding ortho intramolecular Hbond substituents is 1. The van der Waals surface area contributed by atoms with Gasteiger partial charge in [0, 0.05) is 21.7 Å². The fourth-order valence-electron chi connectivity index (χ4n) is 6.91. The smallest absolute Gasteiger partial charge is 0.125 e. The highest BCUT2D eigenvalue weighted by Crippen LogP contribution is 2.60. The van der Waals surface area contributed by atoms with Gasteiger partial charge in [0.2, 0.25) is 0 Å². The average molecular weight is 534 g/mol. The van der Waals surface area contributed by atoms with Crippen LogP contribution >= 0.6 is 11.6 Å². The van der Waals surface area contributed by atoms with E-state index in [1.807, 2.05) is 36.4 Å². The van der Waals surface area contributed by atoms with Crippen LogP contribution in [0.4, 0.5) is 0 Å². The lowest BCUT2D eigenvalue weighted by molar-refractivity contribution is 0.480. The van der Waals surface area contributed by atoms with Gasteiger partial charge in [-0.05, 0) is 64.2 Å². The number of hydrogen-bond donors (Lipinski definition) is 1. The molecule has 0 bridgehead atoms. The summed E-state index contributed by atoms with van der Waals surface area (Å²) in [6, 6.07) is 48.1. The first-order chi connectivity index (χ1) is 19.7. The Bertz CT molecular complexity index is 2020. The molecular formula is C37H24ClNO. The molecule has 0 radical (unpaired) electrons. The second kappa shape index (κ2) is 8.61. The van der Waals surface area contributed by atoms with Gasteiger partial charge in [0.05, 0.1) is 21.8 Å². The molecule has 1 aliphatic carbocycles. The minimum Gasteiger partial charge on any atom is -0.507 e. The van der Waals surface area contributed by atoms with Gasteiger partial charge in [-0.2, -0.15) is 0 Å². The maximum Gasteiger partial charge on any atom is 0.125 e. The molecule has 1 heterocycles. The topological polar surface area (TPSA) is 25.2 Å². The van der Waals surface area contributed by atoms with Crippen LogP contribution in [0, 0.1) is 0 Å². The van der Waals surface area contributed by atoms with Gasteiger partial charge >= 0.3 is 0 Å². The Morgan fingerprint density at radius 2 is 1.20 bits per heavy atom. The van der Waals surface area contributed by atoms with Gasteiger partial charge in [-0.1, -0.05) is 115 Å². The molecular weight excluding hydrogens is 510 g/mol. The number of aromatic hydroxyl groups is 1. The summed E-state index contributed by atoms with van der Waals surface area (Å²) in [4.78, 5) is 0. The van der Waals surface area contributed by atoms with Gasteiger partial charge < -0.3 is 9.67 Å². The summed E-state index contributed by atoms with van der Waals surface area (Å²) < 4.78 is 2.30. The molecule has 8 rings (SSSR count). The molecule has 1 aliphatic rings. The first-order valence-corrected chi connectivity index (χ1v) is 13.8. The highest BCUT2D eigenvalue weighted by atomic mass is 35.5. The van der Waals surface area contributed by atoms with Crippen molar-refractivity contribution in [1.29, 1.82) is 0 Å². The highest BCUT2D eigenvalue weighted by Gasteiger charge is 2.48. The fraction of sp³-hybridized carbons (Fsp3) is 0.0270. The summed E-state index contributed by atoms with van der Waals surface area (Å²) in [5.74, 6) is 0.273. The Balaban J connectivity index is 1.66. The van der Waals surface area contributed by atoms with Crippen LogP contribution in [0.25, 0.3) is 38.6 Å². The van der Waals surface area contributed by atoms with Crippen molar-refractivity contribution < 1.29 is 5.11 Å². The minimum absolute atomic E-state index is 0.273. The number of benzene rings is 6. The molecule has 1 aromatic heterocycles. The van der Waals surface area contributed by atoms with Crippen LogP contribution in [0.5, 0.6) is 5.75 Å². The van der Waals surface area contributed by atoms with Crippen molar-refractivity contribution >= 4 is 33.4 Å². The first-order valence-electron chi connectivity index (χ1n) is 13.5. The first kappa shape index (κ1) is 23.1. The van der Waals surface area contributed by atoms with Crippen molar-refractivity contribution in [1.82, 2.24) is 4.57 Å². The van der Waals surface area contributed by atoms with E-state index in [9.17, 15) is 5.11 Å². The average Bonchev–Trinajstić information content (AvgIpc) is 3.49. The van der Waals surface area contributed by atoms with Crippen LogP contribution in [0.2, 0.25) is 5.02 Å². The van der Waals surface area contributed by atoms with E-state index in [4.69, 9.17) is 11.6 Å². The third-order valence-electron chi connectivity index (χ3n) is 8.41. The fourth-order valence-corrected chi connectivity index (χ4v) is 7.09. The molecule has 7 aromatic rings. The predicted octanol–water partition coefficient (Wildman–Crippen LogP) is 9.51. The molecule has 0 spiro atoms. The zero-order chi connectivity index (χ0) is 26.8. The summed E-state index contributed by atoms with van der Waals surface area (Å²) >= 11 is 6.75. The van der Waals surface area contributed by atoms with E-state index in [0.29, 0.717) is 5.02 Å². The van der Waals surface area contributed by atoms with E-state index in [2.05, 4.69) is 108 Å². The largest absolute Gasteiger partial charge is 0.507 e. The molecule has 0 saturated heterocycles. The van der Waals surface area contributed by atoms with Gasteiger partial charge in [-0.15, -0.1) is 0 Å². The van der Waals surface area contributed by atoms with E-state index in [0.717, 1.165) is 60.9 Å². The monoisotopic (exact) mass is 533 g/mol. The van der Waals surface area contributed by atoms with Crippen molar-refractivity contribution in [2.24, 2.45) is 0 Å². The molecule has 1 N–H and O–H groups in total. The summed E-state index contributed by atoms with van der Waals surface area (Å²) in [7, 11) is 0. The van der Waals surface area contributed by atoms with Crippen LogP contribution in [-0.2, 0) is 5.41 Å². The number of aromatic nitrogens is 1. The number of nitrogens with zero attached hydrogens (tertiary/aromatic N) is 1. The van der Waals surface area contributed by atoms with Crippen LogP contribution in [0.15, 0.2) is 140 Å². The van der Waals surface area contributed by atoms with Gasteiger partial charge in [0.1, 0.15) is 5.75 Å². The molecule has 40 heavy (non-hydrogen) atoms. The number of phenols is 1. The lowest BCUT2D eigenvalue weighted by Crippen LogP contribution is -2.28. The number of hydrogen-bond acceptors (Lipinski definition) is 1. The predicted molar refractivity (Wildman–Crippen MR) is 165 cm³/mol. The lowest BCUT2D eigenvalue weighted by Gasteiger charge is -2.34. The zero-order valence-electron chi connectivity index (χ0n) is 21.6. The Morgan fingerprint density at radius 3 is 1.88 bits per heavy atom. The molecule has 0 atom stereocenters. The van der Waals surface area contributed by atoms with Crippen LogP contribution < -0.4 is 0 Å². The van der Waals surface area contributed by atoms with Crippen LogP contribution in [0.1, 0.15) is 22.3 Å². The number of para-hydroxylation sites is 2. The van der Waals surface area contributed by atoms with Crippen molar-refractivity contribution in [2.45, 2.75) is 5.41 Å². The third kappa shape index (κ3) is 3.00. The van der Waals surface area contributed by atoms with Gasteiger partial charge in [0.15, 0.2) is 0 Å². The second-order valence-corrected chi connectivity index (χ2v) is 10.8. The summed E-state index contributed by atoms with van der Waals surface area (Å²) in [5, 5.41) is 14.5. The number of fused-ring (bicyclic) bond motifs is 7. The molecule has 0 saturated carbocycles. The summed E-state index contributed by atoms with van der Waals surface area (Å²) in [6.07, 6.45) is 0. The van der Waals surface area contributed by atoms with Crippen LogP contribution in [-0.4, -0.2) is 9.67 Å². The van der Waals surface area contributed by atoms with E-state index in [-0.39, 0.29) is 5.75 Å². The van der Waals surface area contributed by atoms with Crippen molar-refractivity contribution in [3.8, 4) is 22.6 Å². The quantitative estimate of drug-likeness (QED) is 0.240. The normalized spacial score (nSPS) is 13.4. The van der Waals surface area contributed by atoms with E-state index in [1.54, 1.807) is 0 Å². The third-order valence-corrected chi connectivity index (χ3v) is 8.64. The van der Waals surface area contributed by atoms with E-state index >= 15 is 0 Å². The van der Waals surface area contributed by atoms with Gasteiger partial charge in [-0.25, -0.2) is 0 Å². The molecule has 0 aliphatic heterocycles. The molecule has 190 valence electrons. The standard InChI is InChI=1S/C37H24ClNO/c38-26-20-21-28-30(22-26)37(24-12-4-1-5-13-24,25-14-6-2-7-15-25)31-23-33(40)35-29-18-10-11-19-32(29)39(36(35)34(28)31)27-16-8-3-9-17-27/h1-23,40H. The van der Waals surface area contributed by atoms with Gasteiger partial charge in [-0.3, -0.25) is 0 Å². The Kier molecular flexibility index (Phi) is 4.98. The van der Waals surface area contributed by atoms with Gasteiger partial charge in [0.25, 0.3) is 0 Å². The molecule has 0 unspecified atom stereocenters. The Labute approximate surface area is 237 Å². The summed E-state index contributed by atoms with van der Waals surface area (Å²) in [6.45, 7) is 0. The van der Waals surface area contributed by atoms with Crippen molar-refractivity contribution in [2.75, 3.05) is 0 Å². The van der Waals surface area contributed by atoms with E-state index < -0.39 is 5.41 Å². The minimum atomic E-state index is -0.665. The van der Waals surface area contributed by atoms with Crippen LogP contribution in [0.3, 0.4) is 0 Å². The molecule has 0 fully saturated rings. The lowest BCUT2D eigenvalue weighted by atomic mass is 9.67. The molecule has 3 heteroatoms.